The van der Waals surface area contributed by atoms with Crippen molar-refractivity contribution in [3.63, 3.8) is 0 Å². The first kappa shape index (κ1) is 17.7. The summed E-state index contributed by atoms with van der Waals surface area (Å²) in [7, 11) is 0. The zero-order valence-electron chi connectivity index (χ0n) is 14.2. The van der Waals surface area contributed by atoms with E-state index in [9.17, 15) is 9.59 Å². The van der Waals surface area contributed by atoms with Gasteiger partial charge in [0.15, 0.2) is 5.58 Å². The zero-order chi connectivity index (χ0) is 17.5. The van der Waals surface area contributed by atoms with Gasteiger partial charge < -0.3 is 19.2 Å². The predicted molar refractivity (Wildman–Crippen MR) is 92.5 cm³/mol. The van der Waals surface area contributed by atoms with Crippen LogP contribution in [-0.2, 0) is 20.8 Å². The van der Waals surface area contributed by atoms with Crippen LogP contribution in [0.15, 0.2) is 33.5 Å². The van der Waals surface area contributed by atoms with Gasteiger partial charge in [-0.2, -0.15) is 0 Å². The molecule has 1 amide bonds. The number of ether oxygens (including phenoxy) is 2. The highest BCUT2D eigenvalue weighted by atomic mass is 16.5. The van der Waals surface area contributed by atoms with Crippen molar-refractivity contribution in [2.24, 2.45) is 0 Å². The number of nitrogens with one attached hydrogen (secondary N) is 1. The minimum atomic E-state index is -0.434. The third-order valence-corrected chi connectivity index (χ3v) is 4.25. The molecule has 2 heterocycles. The molecule has 25 heavy (non-hydrogen) atoms. The Morgan fingerprint density at radius 2 is 2.24 bits per heavy atom. The highest BCUT2D eigenvalue weighted by Crippen LogP contribution is 2.12. The standard InChI is InChI=1S/C18H24N2O5/c21-17(19-9-4-11-23-13-14-5-3-12-24-14)8-10-20-15-6-1-2-7-16(15)25-18(20)22/h1-2,6-7,14H,3-5,8-13H2,(H,19,21). The Labute approximate surface area is 145 Å². The number of amides is 1. The molecule has 3 rings (SSSR count). The summed E-state index contributed by atoms with van der Waals surface area (Å²) in [5.41, 5.74) is 1.25. The van der Waals surface area contributed by atoms with Crippen molar-refractivity contribution in [3.05, 3.63) is 34.8 Å². The van der Waals surface area contributed by atoms with E-state index in [1.54, 1.807) is 6.07 Å². The topological polar surface area (TPSA) is 82.7 Å². The molecule has 1 saturated heterocycles. The van der Waals surface area contributed by atoms with E-state index in [2.05, 4.69) is 5.32 Å². The summed E-state index contributed by atoms with van der Waals surface area (Å²) in [4.78, 5) is 23.7. The van der Waals surface area contributed by atoms with Crippen molar-refractivity contribution in [1.82, 2.24) is 9.88 Å². The van der Waals surface area contributed by atoms with Crippen molar-refractivity contribution < 1.29 is 18.7 Å². The molecule has 0 radical (unpaired) electrons. The van der Waals surface area contributed by atoms with Crippen LogP contribution in [0.2, 0.25) is 0 Å². The summed E-state index contributed by atoms with van der Waals surface area (Å²) in [6.45, 7) is 2.93. The maximum Gasteiger partial charge on any atom is 0.419 e. The number of hydrogen-bond donors (Lipinski definition) is 1. The van der Waals surface area contributed by atoms with Crippen LogP contribution >= 0.6 is 0 Å². The highest BCUT2D eigenvalue weighted by molar-refractivity contribution is 5.76. The smallest absolute Gasteiger partial charge is 0.408 e. The molecule has 0 bridgehead atoms. The highest BCUT2D eigenvalue weighted by Gasteiger charge is 2.15. The van der Waals surface area contributed by atoms with Gasteiger partial charge in [0, 0.05) is 32.7 Å². The normalized spacial score (nSPS) is 17.2. The van der Waals surface area contributed by atoms with E-state index in [0.29, 0.717) is 37.4 Å². The maximum atomic E-state index is 11.9. The van der Waals surface area contributed by atoms with Gasteiger partial charge >= 0.3 is 5.76 Å². The number of carbonyl (C=O) groups excluding carboxylic acids is 1. The lowest BCUT2D eigenvalue weighted by Gasteiger charge is -2.10. The number of nitrogens with zero attached hydrogens (tertiary/aromatic N) is 1. The van der Waals surface area contributed by atoms with Gasteiger partial charge in [0.2, 0.25) is 5.91 Å². The second-order valence-electron chi connectivity index (χ2n) is 6.15. The Bertz CT molecular complexity index is 745. The number of benzene rings is 1. The van der Waals surface area contributed by atoms with Crippen LogP contribution < -0.4 is 11.1 Å². The lowest BCUT2D eigenvalue weighted by molar-refractivity contribution is -0.121. The Morgan fingerprint density at radius 1 is 1.36 bits per heavy atom. The number of hydrogen-bond acceptors (Lipinski definition) is 5. The van der Waals surface area contributed by atoms with E-state index in [-0.39, 0.29) is 18.4 Å². The van der Waals surface area contributed by atoms with Crippen molar-refractivity contribution in [3.8, 4) is 0 Å². The number of oxazole rings is 1. The Balaban J connectivity index is 1.32. The van der Waals surface area contributed by atoms with Crippen LogP contribution in [-0.4, -0.2) is 42.9 Å². The molecule has 1 aromatic carbocycles. The first-order valence-electron chi connectivity index (χ1n) is 8.78. The summed E-state index contributed by atoms with van der Waals surface area (Å²) in [6.07, 6.45) is 3.41. The number of aromatic nitrogens is 1. The maximum absolute atomic E-state index is 11.9. The van der Waals surface area contributed by atoms with E-state index in [4.69, 9.17) is 13.9 Å². The molecule has 0 aliphatic carbocycles. The Hall–Kier alpha value is -2.12. The van der Waals surface area contributed by atoms with Crippen LogP contribution in [0, 0.1) is 0 Å². The monoisotopic (exact) mass is 348 g/mol. The third kappa shape index (κ3) is 4.93. The molecule has 0 saturated carbocycles. The number of rotatable bonds is 9. The number of carbonyl (C=O) groups is 1. The largest absolute Gasteiger partial charge is 0.419 e. The molecular formula is C18H24N2O5. The quantitative estimate of drug-likeness (QED) is 0.697. The molecule has 136 valence electrons. The van der Waals surface area contributed by atoms with Gasteiger partial charge in [-0.3, -0.25) is 9.36 Å². The van der Waals surface area contributed by atoms with Gasteiger partial charge in [-0.05, 0) is 31.4 Å². The van der Waals surface area contributed by atoms with Crippen LogP contribution in [0.4, 0.5) is 0 Å². The van der Waals surface area contributed by atoms with Gasteiger partial charge in [-0.1, -0.05) is 12.1 Å². The lowest BCUT2D eigenvalue weighted by atomic mass is 10.2. The molecule has 7 nitrogen and oxygen atoms in total. The summed E-state index contributed by atoms with van der Waals surface area (Å²) in [5, 5.41) is 2.84. The first-order valence-corrected chi connectivity index (χ1v) is 8.78. The predicted octanol–water partition coefficient (Wildman–Crippen LogP) is 1.69. The molecule has 1 aliphatic heterocycles. The minimum Gasteiger partial charge on any atom is -0.408 e. The fourth-order valence-corrected chi connectivity index (χ4v) is 2.92. The van der Waals surface area contributed by atoms with Gasteiger partial charge in [0.1, 0.15) is 0 Å². The van der Waals surface area contributed by atoms with Crippen LogP contribution in [0.5, 0.6) is 0 Å². The molecule has 1 aromatic heterocycles. The summed E-state index contributed by atoms with van der Waals surface area (Å²) in [5.74, 6) is -0.521. The van der Waals surface area contributed by atoms with E-state index >= 15 is 0 Å². The number of para-hydroxylation sites is 2. The van der Waals surface area contributed by atoms with Crippen molar-refractivity contribution in [1.29, 1.82) is 0 Å². The van der Waals surface area contributed by atoms with E-state index in [1.807, 2.05) is 18.2 Å². The van der Waals surface area contributed by atoms with Gasteiger partial charge in [-0.15, -0.1) is 0 Å². The first-order chi connectivity index (χ1) is 12.2. The molecule has 1 unspecified atom stereocenters. The van der Waals surface area contributed by atoms with Crippen molar-refractivity contribution in [2.75, 3.05) is 26.4 Å². The Morgan fingerprint density at radius 3 is 3.08 bits per heavy atom. The number of fused-ring (bicyclic) bond motifs is 1. The SMILES string of the molecule is O=C(CCn1c(=O)oc2ccccc21)NCCCOCC1CCCO1. The summed E-state index contributed by atoms with van der Waals surface area (Å²) >= 11 is 0. The molecular weight excluding hydrogens is 324 g/mol. The average molecular weight is 348 g/mol. The molecule has 0 spiro atoms. The summed E-state index contributed by atoms with van der Waals surface area (Å²) < 4.78 is 17.7. The molecule has 1 N–H and O–H groups in total. The second kappa shape index (κ2) is 8.82. The van der Waals surface area contributed by atoms with Crippen LogP contribution in [0.25, 0.3) is 11.1 Å². The van der Waals surface area contributed by atoms with Crippen LogP contribution in [0.1, 0.15) is 25.7 Å². The van der Waals surface area contributed by atoms with E-state index < -0.39 is 5.76 Å². The van der Waals surface area contributed by atoms with Gasteiger partial charge in [-0.25, -0.2) is 4.79 Å². The van der Waals surface area contributed by atoms with E-state index in [1.165, 1.54) is 4.57 Å². The zero-order valence-corrected chi connectivity index (χ0v) is 14.2. The molecule has 1 aliphatic rings. The van der Waals surface area contributed by atoms with Crippen molar-refractivity contribution in [2.45, 2.75) is 38.3 Å². The molecule has 1 atom stereocenters. The lowest BCUT2D eigenvalue weighted by Crippen LogP contribution is -2.27. The third-order valence-electron chi connectivity index (χ3n) is 4.25. The van der Waals surface area contributed by atoms with Crippen molar-refractivity contribution >= 4 is 17.0 Å². The summed E-state index contributed by atoms with van der Waals surface area (Å²) in [6, 6.07) is 7.20. The number of aryl methyl sites for hydroxylation is 1. The van der Waals surface area contributed by atoms with Crippen LogP contribution in [0.3, 0.4) is 0 Å². The fourth-order valence-electron chi connectivity index (χ4n) is 2.92. The fraction of sp³-hybridized carbons (Fsp3) is 0.556. The molecule has 7 heteroatoms. The minimum absolute atomic E-state index is 0.0868. The van der Waals surface area contributed by atoms with Gasteiger partial charge in [0.05, 0.1) is 18.2 Å². The van der Waals surface area contributed by atoms with Gasteiger partial charge in [0.25, 0.3) is 0 Å². The second-order valence-corrected chi connectivity index (χ2v) is 6.15. The Kier molecular flexibility index (Phi) is 6.25. The molecule has 2 aromatic rings. The van der Waals surface area contributed by atoms with E-state index in [0.717, 1.165) is 25.9 Å². The molecule has 1 fully saturated rings. The average Bonchev–Trinajstić information content (AvgIpc) is 3.23.